The molecule has 3 rings (SSSR count). The predicted octanol–water partition coefficient (Wildman–Crippen LogP) is 2.44. The fourth-order valence-electron chi connectivity index (χ4n) is 3.15. The number of aromatic nitrogens is 2. The third-order valence-corrected chi connectivity index (χ3v) is 4.48. The Morgan fingerprint density at radius 2 is 1.71 bits per heavy atom. The summed E-state index contributed by atoms with van der Waals surface area (Å²) in [6, 6.07) is 14.0. The first-order valence-electron chi connectivity index (χ1n) is 9.22. The van der Waals surface area contributed by atoms with E-state index in [0.29, 0.717) is 17.9 Å². The fourth-order valence-corrected chi connectivity index (χ4v) is 3.15. The summed E-state index contributed by atoms with van der Waals surface area (Å²) in [7, 11) is 1.32. The van der Waals surface area contributed by atoms with Crippen molar-refractivity contribution >= 4 is 17.0 Å². The highest BCUT2D eigenvalue weighted by Gasteiger charge is 2.16. The first kappa shape index (κ1) is 19.7. The van der Waals surface area contributed by atoms with Crippen molar-refractivity contribution in [1.29, 1.82) is 0 Å². The molecule has 0 fully saturated rings. The highest BCUT2D eigenvalue weighted by atomic mass is 16.5. The minimum Gasteiger partial charge on any atom is -0.491 e. The van der Waals surface area contributed by atoms with Gasteiger partial charge in [-0.2, -0.15) is 0 Å². The molecule has 0 radical (unpaired) electrons. The monoisotopic (exact) mass is 384 g/mol. The molecule has 1 heterocycles. The molecule has 0 aliphatic rings. The smallest absolute Gasteiger partial charge is 0.337 e. The molecule has 0 bridgehead atoms. The Morgan fingerprint density at radius 1 is 1.07 bits per heavy atom. The van der Waals surface area contributed by atoms with Crippen LogP contribution in [0.5, 0.6) is 5.75 Å². The Hall–Kier alpha value is -3.06. The Bertz CT molecular complexity index is 1000. The first-order valence-corrected chi connectivity index (χ1v) is 9.22. The van der Waals surface area contributed by atoms with Gasteiger partial charge in [0.05, 0.1) is 30.3 Å². The number of para-hydroxylation sites is 2. The van der Waals surface area contributed by atoms with Crippen LogP contribution in [0.2, 0.25) is 0 Å². The molecule has 0 aliphatic carbocycles. The van der Waals surface area contributed by atoms with Gasteiger partial charge in [-0.1, -0.05) is 19.1 Å². The van der Waals surface area contributed by atoms with E-state index < -0.39 is 12.1 Å². The molecule has 1 unspecified atom stereocenters. The number of methoxy groups -OCH3 is 1. The number of hydrogen-bond donors (Lipinski definition) is 1. The number of hydrogen-bond acceptors (Lipinski definition) is 5. The Labute approximate surface area is 162 Å². The number of ether oxygens (including phenoxy) is 2. The molecular weight excluding hydrogens is 360 g/mol. The molecule has 1 aromatic heterocycles. The molecule has 2 aromatic carbocycles. The number of nitrogens with zero attached hydrogens (tertiary/aromatic N) is 2. The van der Waals surface area contributed by atoms with Crippen LogP contribution in [0.15, 0.2) is 53.3 Å². The average molecular weight is 384 g/mol. The van der Waals surface area contributed by atoms with Crippen molar-refractivity contribution in [1.82, 2.24) is 9.13 Å². The number of aliphatic hydroxyl groups is 1. The highest BCUT2D eigenvalue weighted by molar-refractivity contribution is 5.89. The van der Waals surface area contributed by atoms with Crippen LogP contribution < -0.4 is 10.4 Å². The van der Waals surface area contributed by atoms with Crippen molar-refractivity contribution < 1.29 is 19.4 Å². The summed E-state index contributed by atoms with van der Waals surface area (Å²) in [4.78, 5) is 24.2. The number of aryl methyl sites for hydroxylation is 1. The van der Waals surface area contributed by atoms with Crippen molar-refractivity contribution in [3.63, 3.8) is 0 Å². The van der Waals surface area contributed by atoms with Crippen molar-refractivity contribution in [2.75, 3.05) is 13.7 Å². The molecule has 0 saturated heterocycles. The van der Waals surface area contributed by atoms with E-state index in [2.05, 4.69) is 4.74 Å². The molecule has 0 aliphatic heterocycles. The number of carbonyl (C=O) groups is 1. The van der Waals surface area contributed by atoms with Crippen LogP contribution in [-0.4, -0.2) is 40.0 Å². The van der Waals surface area contributed by atoms with Crippen LogP contribution in [0.4, 0.5) is 0 Å². The molecule has 0 spiro atoms. The molecule has 0 amide bonds. The fraction of sp³-hybridized carbons (Fsp3) is 0.333. The van der Waals surface area contributed by atoms with Gasteiger partial charge >= 0.3 is 11.7 Å². The third-order valence-electron chi connectivity index (χ3n) is 4.48. The molecule has 0 saturated carbocycles. The molecule has 28 heavy (non-hydrogen) atoms. The van der Waals surface area contributed by atoms with Gasteiger partial charge in [-0.25, -0.2) is 9.59 Å². The standard InChI is InChI=1S/C21H24N2O5/c1-3-12-22-18-6-4-5-7-19(18)23(21(22)26)13-16(24)14-28-17-10-8-15(9-11-17)20(25)27-2/h4-11,16,24H,3,12-14H2,1-2H3. The van der Waals surface area contributed by atoms with Crippen LogP contribution in [0.25, 0.3) is 11.0 Å². The summed E-state index contributed by atoms with van der Waals surface area (Å²) >= 11 is 0. The lowest BCUT2D eigenvalue weighted by molar-refractivity contribution is 0.0600. The van der Waals surface area contributed by atoms with E-state index in [0.717, 1.165) is 17.5 Å². The van der Waals surface area contributed by atoms with E-state index in [1.54, 1.807) is 33.4 Å². The lowest BCUT2D eigenvalue weighted by Gasteiger charge is -2.13. The highest BCUT2D eigenvalue weighted by Crippen LogP contribution is 2.15. The maximum absolute atomic E-state index is 12.7. The third kappa shape index (κ3) is 4.09. The summed E-state index contributed by atoms with van der Waals surface area (Å²) in [6.45, 7) is 2.81. The summed E-state index contributed by atoms with van der Waals surface area (Å²) in [5.74, 6) is 0.0990. The van der Waals surface area contributed by atoms with E-state index in [-0.39, 0.29) is 18.8 Å². The lowest BCUT2D eigenvalue weighted by Crippen LogP contribution is -2.31. The van der Waals surface area contributed by atoms with Gasteiger partial charge in [-0.05, 0) is 42.8 Å². The van der Waals surface area contributed by atoms with E-state index in [9.17, 15) is 14.7 Å². The summed E-state index contributed by atoms with van der Waals surface area (Å²) in [5.41, 5.74) is 1.94. The van der Waals surface area contributed by atoms with Crippen molar-refractivity contribution in [3.8, 4) is 5.75 Å². The second-order valence-corrected chi connectivity index (χ2v) is 6.51. The van der Waals surface area contributed by atoms with Gasteiger partial charge in [-0.3, -0.25) is 9.13 Å². The van der Waals surface area contributed by atoms with E-state index in [1.807, 2.05) is 31.2 Å². The largest absolute Gasteiger partial charge is 0.491 e. The molecule has 1 N–H and O–H groups in total. The van der Waals surface area contributed by atoms with E-state index >= 15 is 0 Å². The van der Waals surface area contributed by atoms with E-state index in [4.69, 9.17) is 4.74 Å². The lowest BCUT2D eigenvalue weighted by atomic mass is 10.2. The van der Waals surface area contributed by atoms with Crippen molar-refractivity contribution in [2.24, 2.45) is 0 Å². The van der Waals surface area contributed by atoms with Gasteiger partial charge in [-0.15, -0.1) is 0 Å². The number of aliphatic hydroxyl groups excluding tert-OH is 1. The molecule has 148 valence electrons. The Morgan fingerprint density at radius 3 is 2.32 bits per heavy atom. The molecule has 3 aromatic rings. The number of benzene rings is 2. The van der Waals surface area contributed by atoms with Crippen LogP contribution in [0, 0.1) is 0 Å². The van der Waals surface area contributed by atoms with Gasteiger partial charge in [0, 0.05) is 6.54 Å². The minimum atomic E-state index is -0.862. The number of fused-ring (bicyclic) bond motifs is 1. The van der Waals surface area contributed by atoms with Crippen LogP contribution in [0.3, 0.4) is 0 Å². The predicted molar refractivity (Wildman–Crippen MR) is 106 cm³/mol. The molecule has 1 atom stereocenters. The van der Waals surface area contributed by atoms with Crippen molar-refractivity contribution in [2.45, 2.75) is 32.5 Å². The maximum atomic E-state index is 12.7. The van der Waals surface area contributed by atoms with E-state index in [1.165, 1.54) is 7.11 Å². The van der Waals surface area contributed by atoms with Gasteiger partial charge in [0.2, 0.25) is 0 Å². The summed E-state index contributed by atoms with van der Waals surface area (Å²) in [5, 5.41) is 10.4. The minimum absolute atomic E-state index is 0.0251. The normalized spacial score (nSPS) is 12.1. The zero-order chi connectivity index (χ0) is 20.1. The number of carbonyl (C=O) groups excluding carboxylic acids is 1. The SMILES string of the molecule is CCCn1c(=O)n(CC(O)COc2ccc(C(=O)OC)cc2)c2ccccc21. The average Bonchev–Trinajstić information content (AvgIpc) is 2.98. The first-order chi connectivity index (χ1) is 13.5. The van der Waals surface area contributed by atoms with Gasteiger partial charge in [0.25, 0.3) is 0 Å². The Kier molecular flexibility index (Phi) is 6.16. The molecule has 7 nitrogen and oxygen atoms in total. The number of rotatable bonds is 8. The van der Waals surface area contributed by atoms with Crippen LogP contribution in [0.1, 0.15) is 23.7 Å². The molecule has 7 heteroatoms. The second-order valence-electron chi connectivity index (χ2n) is 6.51. The van der Waals surface area contributed by atoms with Crippen LogP contribution in [-0.2, 0) is 17.8 Å². The zero-order valence-corrected chi connectivity index (χ0v) is 16.0. The molecular formula is C21H24N2O5. The quantitative estimate of drug-likeness (QED) is 0.603. The number of imidazole rings is 1. The topological polar surface area (TPSA) is 82.7 Å². The Balaban J connectivity index is 1.70. The maximum Gasteiger partial charge on any atom is 0.337 e. The van der Waals surface area contributed by atoms with Gasteiger partial charge < -0.3 is 14.6 Å². The van der Waals surface area contributed by atoms with Gasteiger partial charge in [0.1, 0.15) is 18.5 Å². The number of esters is 1. The van der Waals surface area contributed by atoms with Crippen LogP contribution >= 0.6 is 0 Å². The zero-order valence-electron chi connectivity index (χ0n) is 16.0. The van der Waals surface area contributed by atoms with Gasteiger partial charge in [0.15, 0.2) is 0 Å². The second kappa shape index (κ2) is 8.75. The van der Waals surface area contributed by atoms with Crippen molar-refractivity contribution in [3.05, 3.63) is 64.6 Å². The summed E-state index contributed by atoms with van der Waals surface area (Å²) < 4.78 is 13.6. The summed E-state index contributed by atoms with van der Waals surface area (Å²) in [6.07, 6.45) is -0.0138.